The van der Waals surface area contributed by atoms with Crippen molar-refractivity contribution in [2.75, 3.05) is 40.6 Å². The van der Waals surface area contributed by atoms with Crippen molar-refractivity contribution >= 4 is 0 Å². The highest BCUT2D eigenvalue weighted by Crippen LogP contribution is 2.30. The first-order chi connectivity index (χ1) is 10.3. The lowest BCUT2D eigenvalue weighted by Gasteiger charge is -2.24. The van der Waals surface area contributed by atoms with Crippen LogP contribution in [0.25, 0.3) is 0 Å². The molecule has 21 heavy (non-hydrogen) atoms. The lowest BCUT2D eigenvalue weighted by atomic mass is 10.1. The largest absolute Gasteiger partial charge is 0.493 e. The smallest absolute Gasteiger partial charge is 0.161 e. The molecule has 1 aromatic carbocycles. The van der Waals surface area contributed by atoms with Gasteiger partial charge in [0.25, 0.3) is 0 Å². The molecular weight excluding hydrogens is 270 g/mol. The van der Waals surface area contributed by atoms with Gasteiger partial charge in [0, 0.05) is 33.0 Å². The molecular formula is C16H25NO4. The van der Waals surface area contributed by atoms with Gasteiger partial charge in [-0.15, -0.1) is 0 Å². The fourth-order valence-electron chi connectivity index (χ4n) is 2.30. The third-order valence-corrected chi connectivity index (χ3v) is 3.50. The van der Waals surface area contributed by atoms with Crippen molar-refractivity contribution in [2.45, 2.75) is 25.5 Å². The molecule has 0 atom stereocenters. The van der Waals surface area contributed by atoms with E-state index in [2.05, 4.69) is 11.4 Å². The summed E-state index contributed by atoms with van der Waals surface area (Å²) in [4.78, 5) is 0. The number of methoxy groups -OCH3 is 2. The molecule has 1 aromatic rings. The monoisotopic (exact) mass is 295 g/mol. The second-order valence-corrected chi connectivity index (χ2v) is 5.08. The molecule has 1 N–H and O–H groups in total. The van der Waals surface area contributed by atoms with Crippen LogP contribution in [0, 0.1) is 0 Å². The van der Waals surface area contributed by atoms with Gasteiger partial charge in [-0.1, -0.05) is 6.07 Å². The fourth-order valence-corrected chi connectivity index (χ4v) is 2.30. The Bertz CT molecular complexity index is 419. The highest BCUT2D eigenvalue weighted by Gasteiger charge is 2.17. The van der Waals surface area contributed by atoms with Crippen molar-refractivity contribution < 1.29 is 18.9 Å². The van der Waals surface area contributed by atoms with Crippen LogP contribution in [0.1, 0.15) is 18.4 Å². The second-order valence-electron chi connectivity index (χ2n) is 5.08. The fraction of sp³-hybridized carbons (Fsp3) is 0.625. The molecule has 0 spiro atoms. The van der Waals surface area contributed by atoms with Gasteiger partial charge in [0.05, 0.1) is 26.9 Å². The number of hydrogen-bond acceptors (Lipinski definition) is 5. The van der Waals surface area contributed by atoms with Gasteiger partial charge in [-0.25, -0.2) is 0 Å². The lowest BCUT2D eigenvalue weighted by Crippen LogP contribution is -2.26. The summed E-state index contributed by atoms with van der Waals surface area (Å²) in [6, 6.07) is 6.08. The van der Waals surface area contributed by atoms with Crippen molar-refractivity contribution in [3.63, 3.8) is 0 Å². The summed E-state index contributed by atoms with van der Waals surface area (Å²) < 4.78 is 21.8. The molecule has 0 amide bonds. The zero-order valence-electron chi connectivity index (χ0n) is 12.9. The number of hydrogen-bond donors (Lipinski definition) is 1. The van der Waals surface area contributed by atoms with Crippen molar-refractivity contribution in [3.05, 3.63) is 23.8 Å². The predicted molar refractivity (Wildman–Crippen MR) is 81.0 cm³/mol. The zero-order valence-corrected chi connectivity index (χ0v) is 12.9. The van der Waals surface area contributed by atoms with Crippen molar-refractivity contribution in [3.8, 4) is 11.5 Å². The van der Waals surface area contributed by atoms with Gasteiger partial charge in [0.15, 0.2) is 11.5 Å². The molecule has 2 rings (SSSR count). The van der Waals surface area contributed by atoms with E-state index in [9.17, 15) is 0 Å². The van der Waals surface area contributed by atoms with Crippen LogP contribution in [-0.4, -0.2) is 46.7 Å². The first-order valence-corrected chi connectivity index (χ1v) is 7.44. The van der Waals surface area contributed by atoms with Crippen LogP contribution in [-0.2, 0) is 16.0 Å². The van der Waals surface area contributed by atoms with E-state index < -0.39 is 0 Å². The van der Waals surface area contributed by atoms with E-state index in [1.54, 1.807) is 14.2 Å². The molecule has 0 unspecified atom stereocenters. The zero-order chi connectivity index (χ0) is 14.9. The first-order valence-electron chi connectivity index (χ1n) is 7.44. The summed E-state index contributed by atoms with van der Waals surface area (Å²) in [5.41, 5.74) is 1.17. The summed E-state index contributed by atoms with van der Waals surface area (Å²) >= 11 is 0. The summed E-state index contributed by atoms with van der Waals surface area (Å²) in [6.45, 7) is 3.88. The minimum atomic E-state index is 0.221. The van der Waals surface area contributed by atoms with E-state index >= 15 is 0 Å². The van der Waals surface area contributed by atoms with E-state index in [0.29, 0.717) is 6.61 Å². The number of rotatable bonds is 8. The standard InChI is InChI=1S/C16H25NO4/c1-18-10-7-17-12-13-3-4-15(16(11-13)19-2)21-14-5-8-20-9-6-14/h3-4,11,14,17H,5-10,12H2,1-2H3. The van der Waals surface area contributed by atoms with E-state index in [1.165, 1.54) is 5.56 Å². The number of benzene rings is 1. The molecule has 0 saturated carbocycles. The molecule has 0 radical (unpaired) electrons. The molecule has 5 nitrogen and oxygen atoms in total. The Morgan fingerprint density at radius 2 is 2.00 bits per heavy atom. The maximum Gasteiger partial charge on any atom is 0.161 e. The van der Waals surface area contributed by atoms with Crippen molar-refractivity contribution in [1.82, 2.24) is 5.32 Å². The summed E-state index contributed by atoms with van der Waals surface area (Å²) in [5.74, 6) is 1.59. The molecule has 1 aliphatic heterocycles. The van der Waals surface area contributed by atoms with Gasteiger partial charge in [0.1, 0.15) is 6.10 Å². The van der Waals surface area contributed by atoms with E-state index in [4.69, 9.17) is 18.9 Å². The third kappa shape index (κ3) is 5.19. The lowest BCUT2D eigenvalue weighted by molar-refractivity contribution is 0.0245. The SMILES string of the molecule is COCCNCc1ccc(OC2CCOCC2)c(OC)c1. The maximum absolute atomic E-state index is 6.03. The number of ether oxygens (including phenoxy) is 4. The van der Waals surface area contributed by atoms with Gasteiger partial charge in [-0.05, 0) is 17.7 Å². The topological polar surface area (TPSA) is 49.0 Å². The maximum atomic E-state index is 6.03. The Morgan fingerprint density at radius 3 is 2.71 bits per heavy atom. The Hall–Kier alpha value is -1.30. The minimum absolute atomic E-state index is 0.221. The first kappa shape index (κ1) is 16.1. The second kappa shape index (κ2) is 8.87. The third-order valence-electron chi connectivity index (χ3n) is 3.50. The van der Waals surface area contributed by atoms with Gasteiger partial charge in [-0.3, -0.25) is 0 Å². The Labute approximate surface area is 126 Å². The average molecular weight is 295 g/mol. The highest BCUT2D eigenvalue weighted by atomic mass is 16.5. The van der Waals surface area contributed by atoms with Crippen LogP contribution in [0.15, 0.2) is 18.2 Å². The quantitative estimate of drug-likeness (QED) is 0.743. The van der Waals surface area contributed by atoms with Crippen LogP contribution in [0.4, 0.5) is 0 Å². The van der Waals surface area contributed by atoms with Crippen molar-refractivity contribution in [2.24, 2.45) is 0 Å². The van der Waals surface area contributed by atoms with Crippen LogP contribution >= 0.6 is 0 Å². The molecule has 0 bridgehead atoms. The average Bonchev–Trinajstić information content (AvgIpc) is 2.53. The highest BCUT2D eigenvalue weighted by molar-refractivity contribution is 5.43. The normalized spacial score (nSPS) is 15.9. The van der Waals surface area contributed by atoms with Crippen LogP contribution in [0.2, 0.25) is 0 Å². The Balaban J connectivity index is 1.92. The molecule has 1 aliphatic rings. The van der Waals surface area contributed by atoms with Crippen molar-refractivity contribution in [1.29, 1.82) is 0 Å². The molecule has 1 heterocycles. The molecule has 0 aromatic heterocycles. The molecule has 5 heteroatoms. The van der Waals surface area contributed by atoms with Gasteiger partial charge in [0.2, 0.25) is 0 Å². The Kier molecular flexibility index (Phi) is 6.79. The van der Waals surface area contributed by atoms with Gasteiger partial charge < -0.3 is 24.3 Å². The summed E-state index contributed by atoms with van der Waals surface area (Å²) in [7, 11) is 3.38. The predicted octanol–water partition coefficient (Wildman–Crippen LogP) is 1.99. The molecule has 1 fully saturated rings. The summed E-state index contributed by atoms with van der Waals surface area (Å²) in [6.07, 6.45) is 2.09. The summed E-state index contributed by atoms with van der Waals surface area (Å²) in [5, 5.41) is 3.32. The van der Waals surface area contributed by atoms with Crippen LogP contribution in [0.3, 0.4) is 0 Å². The van der Waals surface area contributed by atoms with E-state index in [-0.39, 0.29) is 6.10 Å². The van der Waals surface area contributed by atoms with E-state index in [1.807, 2.05) is 12.1 Å². The van der Waals surface area contributed by atoms with Gasteiger partial charge >= 0.3 is 0 Å². The molecule has 0 aliphatic carbocycles. The minimum Gasteiger partial charge on any atom is -0.493 e. The Morgan fingerprint density at radius 1 is 1.19 bits per heavy atom. The molecule has 1 saturated heterocycles. The van der Waals surface area contributed by atoms with Gasteiger partial charge in [-0.2, -0.15) is 0 Å². The van der Waals surface area contributed by atoms with Crippen LogP contribution < -0.4 is 14.8 Å². The molecule has 118 valence electrons. The number of nitrogens with one attached hydrogen (secondary N) is 1. The van der Waals surface area contributed by atoms with E-state index in [0.717, 1.165) is 50.6 Å². The van der Waals surface area contributed by atoms with Crippen LogP contribution in [0.5, 0.6) is 11.5 Å².